The Hall–Kier alpha value is -2.82. The average Bonchev–Trinajstić information content (AvgIpc) is 2.61. The number of anilines is 1. The zero-order valence-corrected chi connectivity index (χ0v) is 15.3. The van der Waals surface area contributed by atoms with E-state index in [0.717, 1.165) is 23.5 Å². The number of benzene rings is 2. The molecule has 0 amide bonds. The molecule has 1 aliphatic rings. The van der Waals surface area contributed by atoms with Crippen molar-refractivity contribution in [1.29, 1.82) is 0 Å². The van der Waals surface area contributed by atoms with Gasteiger partial charge in [0.2, 0.25) is 0 Å². The molecule has 0 radical (unpaired) electrons. The van der Waals surface area contributed by atoms with Gasteiger partial charge in [-0.05, 0) is 56.7 Å². The van der Waals surface area contributed by atoms with E-state index in [1.165, 1.54) is 0 Å². The number of carbonyl (C=O) groups is 2. The molecule has 0 atom stereocenters. The molecule has 5 heteroatoms. The minimum absolute atomic E-state index is 0.0336. The van der Waals surface area contributed by atoms with Crippen molar-refractivity contribution in [2.24, 2.45) is 0 Å². The Morgan fingerprint density at radius 2 is 1.81 bits per heavy atom. The van der Waals surface area contributed by atoms with Crippen molar-refractivity contribution in [1.82, 2.24) is 0 Å². The first-order valence-electron chi connectivity index (χ1n) is 8.76. The summed E-state index contributed by atoms with van der Waals surface area (Å²) in [6, 6.07) is 13.0. The van der Waals surface area contributed by atoms with Gasteiger partial charge in [0, 0.05) is 12.1 Å². The Morgan fingerprint density at radius 1 is 1.12 bits per heavy atom. The average molecular weight is 353 g/mol. The Bertz CT molecular complexity index is 811. The normalized spacial score (nSPS) is 13.2. The van der Waals surface area contributed by atoms with Gasteiger partial charge in [0.15, 0.2) is 5.78 Å². The van der Waals surface area contributed by atoms with Crippen LogP contribution >= 0.6 is 0 Å². The van der Waals surface area contributed by atoms with Crippen molar-refractivity contribution in [3.05, 3.63) is 59.2 Å². The van der Waals surface area contributed by atoms with Crippen LogP contribution in [0.4, 0.5) is 5.69 Å². The summed E-state index contributed by atoms with van der Waals surface area (Å²) in [6.07, 6.45) is -0.137. The number of rotatable bonds is 5. The predicted molar refractivity (Wildman–Crippen MR) is 100.0 cm³/mol. The van der Waals surface area contributed by atoms with Gasteiger partial charge in [0.1, 0.15) is 12.4 Å². The van der Waals surface area contributed by atoms with Crippen molar-refractivity contribution >= 4 is 17.4 Å². The second kappa shape index (κ2) is 7.60. The summed E-state index contributed by atoms with van der Waals surface area (Å²) >= 11 is 0. The van der Waals surface area contributed by atoms with Crippen molar-refractivity contribution in [3.8, 4) is 5.75 Å². The van der Waals surface area contributed by atoms with E-state index in [2.05, 4.69) is 4.90 Å². The van der Waals surface area contributed by atoms with E-state index in [1.54, 1.807) is 25.1 Å². The van der Waals surface area contributed by atoms with Crippen LogP contribution in [0, 0.1) is 0 Å². The lowest BCUT2D eigenvalue weighted by Gasteiger charge is -2.31. The zero-order chi connectivity index (χ0) is 18.7. The van der Waals surface area contributed by atoms with Crippen LogP contribution in [0.2, 0.25) is 0 Å². The van der Waals surface area contributed by atoms with Crippen molar-refractivity contribution in [2.45, 2.75) is 33.4 Å². The highest BCUT2D eigenvalue weighted by Gasteiger charge is 2.20. The number of hydrogen-bond donors (Lipinski definition) is 0. The Labute approximate surface area is 153 Å². The monoisotopic (exact) mass is 353 g/mol. The van der Waals surface area contributed by atoms with E-state index in [9.17, 15) is 9.59 Å². The summed E-state index contributed by atoms with van der Waals surface area (Å²) in [5.74, 6) is 0.513. The molecule has 1 aliphatic heterocycles. The minimum Gasteiger partial charge on any atom is -0.490 e. The van der Waals surface area contributed by atoms with Crippen LogP contribution in [0.15, 0.2) is 42.5 Å². The van der Waals surface area contributed by atoms with Gasteiger partial charge in [-0.2, -0.15) is 0 Å². The van der Waals surface area contributed by atoms with Gasteiger partial charge in [0.25, 0.3) is 0 Å². The molecule has 0 aromatic heterocycles. The number of Topliss-reactive ketones (excluding diaryl/α,β-unsaturated/α-hetero) is 1. The first kappa shape index (κ1) is 18.0. The number of ketones is 1. The molecule has 2 aromatic rings. The summed E-state index contributed by atoms with van der Waals surface area (Å²) in [5.41, 5.74) is 3.22. The second-order valence-corrected chi connectivity index (χ2v) is 6.66. The van der Waals surface area contributed by atoms with Gasteiger partial charge < -0.3 is 14.4 Å². The third-order valence-electron chi connectivity index (χ3n) is 4.23. The summed E-state index contributed by atoms with van der Waals surface area (Å²) in [5, 5.41) is 0. The number of hydrogen-bond acceptors (Lipinski definition) is 5. The maximum absolute atomic E-state index is 11.9. The number of nitrogens with zero attached hydrogens (tertiary/aromatic N) is 1. The van der Waals surface area contributed by atoms with Crippen molar-refractivity contribution in [3.63, 3.8) is 0 Å². The van der Waals surface area contributed by atoms with Crippen LogP contribution in [0.5, 0.6) is 5.75 Å². The van der Waals surface area contributed by atoms with Gasteiger partial charge in [-0.1, -0.05) is 12.1 Å². The molecule has 2 aromatic carbocycles. The molecule has 136 valence electrons. The van der Waals surface area contributed by atoms with Crippen LogP contribution in [-0.4, -0.2) is 31.0 Å². The van der Waals surface area contributed by atoms with E-state index in [4.69, 9.17) is 9.47 Å². The van der Waals surface area contributed by atoms with Gasteiger partial charge >= 0.3 is 5.97 Å². The summed E-state index contributed by atoms with van der Waals surface area (Å²) in [7, 11) is 0. The maximum atomic E-state index is 11.9. The molecule has 0 bridgehead atoms. The first-order valence-corrected chi connectivity index (χ1v) is 8.76. The standard InChI is InChI=1S/C21H23NO4/c1-14(2)26-21(24)17-6-4-16(5-7-17)13-22-10-11-25-20-9-8-18(15(3)23)12-19(20)22/h4-9,12,14H,10-11,13H2,1-3H3. The van der Waals surface area contributed by atoms with Crippen LogP contribution in [0.25, 0.3) is 0 Å². The van der Waals surface area contributed by atoms with E-state index in [-0.39, 0.29) is 17.9 Å². The SMILES string of the molecule is CC(=O)c1ccc2c(c1)N(Cc1ccc(C(=O)OC(C)C)cc1)CCO2. The maximum Gasteiger partial charge on any atom is 0.338 e. The molecule has 0 saturated carbocycles. The van der Waals surface area contributed by atoms with Crippen LogP contribution in [-0.2, 0) is 11.3 Å². The van der Waals surface area contributed by atoms with Crippen LogP contribution in [0.3, 0.4) is 0 Å². The molecular weight excluding hydrogens is 330 g/mol. The molecule has 1 heterocycles. The topological polar surface area (TPSA) is 55.8 Å². The summed E-state index contributed by atoms with van der Waals surface area (Å²) in [4.78, 5) is 25.8. The molecule has 0 aliphatic carbocycles. The summed E-state index contributed by atoms with van der Waals surface area (Å²) in [6.45, 7) is 7.24. The van der Waals surface area contributed by atoms with Crippen LogP contribution in [0.1, 0.15) is 47.1 Å². The third-order valence-corrected chi connectivity index (χ3v) is 4.23. The lowest BCUT2D eigenvalue weighted by Crippen LogP contribution is -2.32. The Morgan fingerprint density at radius 3 is 2.46 bits per heavy atom. The number of esters is 1. The highest BCUT2D eigenvalue weighted by molar-refractivity contribution is 5.95. The Balaban J connectivity index is 1.77. The third kappa shape index (κ3) is 4.04. The number of carbonyl (C=O) groups excluding carboxylic acids is 2. The van der Waals surface area contributed by atoms with Crippen LogP contribution < -0.4 is 9.64 Å². The molecule has 0 fully saturated rings. The van der Waals surface area contributed by atoms with Gasteiger partial charge in [0.05, 0.1) is 23.9 Å². The summed E-state index contributed by atoms with van der Waals surface area (Å²) < 4.78 is 10.9. The fourth-order valence-electron chi connectivity index (χ4n) is 2.90. The molecule has 0 spiro atoms. The van der Waals surface area contributed by atoms with E-state index in [0.29, 0.717) is 24.3 Å². The van der Waals surface area contributed by atoms with Crippen molar-refractivity contribution in [2.75, 3.05) is 18.1 Å². The number of fused-ring (bicyclic) bond motifs is 1. The fraction of sp³-hybridized carbons (Fsp3) is 0.333. The van der Waals surface area contributed by atoms with Gasteiger partial charge in [-0.3, -0.25) is 4.79 Å². The van der Waals surface area contributed by atoms with E-state index < -0.39 is 0 Å². The van der Waals surface area contributed by atoms with E-state index in [1.807, 2.05) is 38.1 Å². The quantitative estimate of drug-likeness (QED) is 0.604. The molecule has 26 heavy (non-hydrogen) atoms. The molecule has 5 nitrogen and oxygen atoms in total. The highest BCUT2D eigenvalue weighted by Crippen LogP contribution is 2.33. The lowest BCUT2D eigenvalue weighted by molar-refractivity contribution is 0.0378. The molecule has 3 rings (SSSR count). The van der Waals surface area contributed by atoms with E-state index >= 15 is 0 Å². The minimum atomic E-state index is -0.311. The zero-order valence-electron chi connectivity index (χ0n) is 15.3. The first-order chi connectivity index (χ1) is 12.4. The number of ether oxygens (including phenoxy) is 2. The smallest absolute Gasteiger partial charge is 0.338 e. The molecule has 0 N–H and O–H groups in total. The highest BCUT2D eigenvalue weighted by atomic mass is 16.5. The largest absolute Gasteiger partial charge is 0.490 e. The lowest BCUT2D eigenvalue weighted by atomic mass is 10.1. The van der Waals surface area contributed by atoms with Crippen molar-refractivity contribution < 1.29 is 19.1 Å². The second-order valence-electron chi connectivity index (χ2n) is 6.66. The molecular formula is C21H23NO4. The van der Waals surface area contributed by atoms with Gasteiger partial charge in [-0.25, -0.2) is 4.79 Å². The molecule has 0 saturated heterocycles. The fourth-order valence-corrected chi connectivity index (χ4v) is 2.90. The molecule has 0 unspecified atom stereocenters. The Kier molecular flexibility index (Phi) is 5.26. The predicted octanol–water partition coefficient (Wildman–Crippen LogP) is 3.85. The van der Waals surface area contributed by atoms with Gasteiger partial charge in [-0.15, -0.1) is 0 Å².